The highest BCUT2D eigenvalue weighted by molar-refractivity contribution is 5.40. The van der Waals surface area contributed by atoms with Gasteiger partial charge in [-0.2, -0.15) is 0 Å². The fraction of sp³-hybridized carbons (Fsp3) is 0.619. The van der Waals surface area contributed by atoms with Crippen molar-refractivity contribution in [2.45, 2.75) is 58.3 Å². The van der Waals surface area contributed by atoms with Crippen LogP contribution in [-0.2, 0) is 6.42 Å². The van der Waals surface area contributed by atoms with Crippen molar-refractivity contribution in [3.63, 3.8) is 0 Å². The number of benzene rings is 1. The minimum Gasteiger partial charge on any atom is -0.508 e. The molecule has 2 saturated carbocycles. The zero-order chi connectivity index (χ0) is 15.5. The predicted octanol–water partition coefficient (Wildman–Crippen LogP) is 5.44. The molecule has 2 fully saturated rings. The van der Waals surface area contributed by atoms with Crippen LogP contribution in [0, 0.1) is 23.2 Å². The highest BCUT2D eigenvalue weighted by Crippen LogP contribution is 2.64. The fourth-order valence-electron chi connectivity index (χ4n) is 6.38. The van der Waals surface area contributed by atoms with E-state index in [-0.39, 0.29) is 0 Å². The first-order chi connectivity index (χ1) is 10.5. The lowest BCUT2D eigenvalue weighted by Gasteiger charge is -2.51. The Kier molecular flexibility index (Phi) is 3.18. The van der Waals surface area contributed by atoms with E-state index in [2.05, 4.69) is 26.5 Å². The molecular weight excluding hydrogens is 268 g/mol. The quantitative estimate of drug-likeness (QED) is 0.684. The Morgan fingerprint density at radius 1 is 1.23 bits per heavy atom. The fourth-order valence-corrected chi connectivity index (χ4v) is 6.38. The first-order valence-electron chi connectivity index (χ1n) is 8.98. The molecule has 3 aliphatic rings. The lowest BCUT2D eigenvalue weighted by atomic mass is 9.53. The summed E-state index contributed by atoms with van der Waals surface area (Å²) in [6, 6.07) is 6.10. The van der Waals surface area contributed by atoms with Gasteiger partial charge in [-0.05, 0) is 97.8 Å². The summed E-state index contributed by atoms with van der Waals surface area (Å²) in [5.74, 6) is 3.61. The Hall–Kier alpha value is -1.24. The second-order valence-electron chi connectivity index (χ2n) is 8.32. The van der Waals surface area contributed by atoms with Gasteiger partial charge in [0, 0.05) is 0 Å². The number of hydrogen-bond acceptors (Lipinski definition) is 1. The molecule has 1 heteroatoms. The Morgan fingerprint density at radius 3 is 2.82 bits per heavy atom. The second kappa shape index (κ2) is 4.88. The van der Waals surface area contributed by atoms with Crippen LogP contribution in [0.2, 0.25) is 0 Å². The predicted molar refractivity (Wildman–Crippen MR) is 91.0 cm³/mol. The van der Waals surface area contributed by atoms with Gasteiger partial charge in [0.25, 0.3) is 0 Å². The molecule has 3 aliphatic carbocycles. The van der Waals surface area contributed by atoms with Crippen LogP contribution in [-0.4, -0.2) is 5.11 Å². The normalized spacial score (nSPS) is 39.7. The molecule has 118 valence electrons. The summed E-state index contributed by atoms with van der Waals surface area (Å²) < 4.78 is 0. The van der Waals surface area contributed by atoms with Crippen molar-refractivity contribution in [2.24, 2.45) is 23.2 Å². The molecule has 1 N–H and O–H groups in total. The number of fused-ring (bicyclic) bond motifs is 5. The molecule has 1 aromatic carbocycles. The first kappa shape index (κ1) is 14.4. The highest BCUT2D eigenvalue weighted by Gasteiger charge is 2.54. The lowest BCUT2D eigenvalue weighted by molar-refractivity contribution is 0.0383. The second-order valence-corrected chi connectivity index (χ2v) is 8.32. The lowest BCUT2D eigenvalue weighted by Crippen LogP contribution is -2.42. The maximum Gasteiger partial charge on any atom is 0.115 e. The Balaban J connectivity index is 1.69. The molecule has 3 unspecified atom stereocenters. The largest absolute Gasteiger partial charge is 0.508 e. The Morgan fingerprint density at radius 2 is 2.05 bits per heavy atom. The topological polar surface area (TPSA) is 20.2 Å². The first-order valence-corrected chi connectivity index (χ1v) is 8.98. The molecule has 0 amide bonds. The van der Waals surface area contributed by atoms with E-state index in [0.717, 1.165) is 30.1 Å². The number of phenolic OH excluding ortho intramolecular Hbond substituents is 1. The van der Waals surface area contributed by atoms with Gasteiger partial charge in [-0.1, -0.05) is 25.1 Å². The van der Waals surface area contributed by atoms with Crippen LogP contribution in [0.25, 0.3) is 0 Å². The molecule has 1 aromatic rings. The highest BCUT2D eigenvalue weighted by atomic mass is 16.3. The van der Waals surface area contributed by atoms with E-state index < -0.39 is 0 Å². The third-order valence-electron chi connectivity index (χ3n) is 7.31. The number of aromatic hydroxyl groups is 1. The van der Waals surface area contributed by atoms with Crippen molar-refractivity contribution < 1.29 is 5.11 Å². The molecule has 0 radical (unpaired) electrons. The summed E-state index contributed by atoms with van der Waals surface area (Å²) in [4.78, 5) is 0. The van der Waals surface area contributed by atoms with Crippen molar-refractivity contribution in [3.8, 4) is 5.75 Å². The molecule has 0 spiro atoms. The van der Waals surface area contributed by atoms with E-state index in [1.807, 2.05) is 12.1 Å². The minimum atomic E-state index is 0.432. The third kappa shape index (κ3) is 1.90. The maximum atomic E-state index is 9.76. The summed E-state index contributed by atoms with van der Waals surface area (Å²) in [6.07, 6.45) is 7.86. The standard InChI is InChI=1S/C21H28O/c1-13(2)19-8-9-20-18-6-4-14-12-15(22)5-7-16(14)17(18)10-11-21(19,20)3/h5,7,12,17-20,22H,1,4,6,8-11H2,2-3H3/t17?,18?,19-,20?,21-/m1/s1. The van der Waals surface area contributed by atoms with Crippen molar-refractivity contribution in [3.05, 3.63) is 41.5 Å². The van der Waals surface area contributed by atoms with E-state index in [9.17, 15) is 5.11 Å². The van der Waals surface area contributed by atoms with Crippen molar-refractivity contribution in [2.75, 3.05) is 0 Å². The number of hydrogen-bond donors (Lipinski definition) is 1. The van der Waals surface area contributed by atoms with E-state index in [1.165, 1.54) is 48.8 Å². The molecular formula is C21H28O. The van der Waals surface area contributed by atoms with E-state index in [4.69, 9.17) is 0 Å². The van der Waals surface area contributed by atoms with Crippen LogP contribution in [0.4, 0.5) is 0 Å². The Bertz CT molecular complexity index is 616. The van der Waals surface area contributed by atoms with E-state index in [1.54, 1.807) is 0 Å². The number of phenols is 1. The summed E-state index contributed by atoms with van der Waals surface area (Å²) in [5, 5.41) is 9.76. The van der Waals surface area contributed by atoms with Crippen LogP contribution in [0.3, 0.4) is 0 Å². The summed E-state index contributed by atoms with van der Waals surface area (Å²) in [6.45, 7) is 9.08. The minimum absolute atomic E-state index is 0.432. The molecule has 0 aromatic heterocycles. The number of aryl methyl sites for hydroxylation is 1. The van der Waals surface area contributed by atoms with Gasteiger partial charge in [-0.3, -0.25) is 0 Å². The summed E-state index contributed by atoms with van der Waals surface area (Å²) in [7, 11) is 0. The van der Waals surface area contributed by atoms with Crippen molar-refractivity contribution >= 4 is 0 Å². The summed E-state index contributed by atoms with van der Waals surface area (Å²) >= 11 is 0. The number of rotatable bonds is 1. The van der Waals surface area contributed by atoms with Crippen molar-refractivity contribution in [1.29, 1.82) is 0 Å². The zero-order valence-electron chi connectivity index (χ0n) is 13.9. The van der Waals surface area contributed by atoms with Crippen LogP contribution in [0.15, 0.2) is 30.4 Å². The van der Waals surface area contributed by atoms with Gasteiger partial charge < -0.3 is 5.11 Å². The average Bonchev–Trinajstić information content (AvgIpc) is 2.84. The summed E-state index contributed by atoms with van der Waals surface area (Å²) in [5.41, 5.74) is 4.83. The molecule has 5 atom stereocenters. The molecule has 0 saturated heterocycles. The average molecular weight is 296 g/mol. The van der Waals surface area contributed by atoms with E-state index >= 15 is 0 Å². The molecule has 4 rings (SSSR count). The SMILES string of the molecule is C=C(C)[C@H]1CCC2C3CCc4cc(O)ccc4C3CC[C@@]21C. The third-order valence-corrected chi connectivity index (χ3v) is 7.31. The smallest absolute Gasteiger partial charge is 0.115 e. The molecule has 1 nitrogen and oxygen atoms in total. The van der Waals surface area contributed by atoms with Crippen molar-refractivity contribution in [1.82, 2.24) is 0 Å². The Labute approximate surface area is 134 Å². The zero-order valence-corrected chi connectivity index (χ0v) is 13.9. The molecule has 0 aliphatic heterocycles. The van der Waals surface area contributed by atoms with Gasteiger partial charge in [-0.25, -0.2) is 0 Å². The van der Waals surface area contributed by atoms with Gasteiger partial charge in [0.2, 0.25) is 0 Å². The van der Waals surface area contributed by atoms with Crippen LogP contribution in [0.5, 0.6) is 5.75 Å². The van der Waals surface area contributed by atoms with Gasteiger partial charge in [0.15, 0.2) is 0 Å². The maximum absolute atomic E-state index is 9.76. The number of allylic oxidation sites excluding steroid dienone is 1. The van der Waals surface area contributed by atoms with Crippen LogP contribution in [0.1, 0.15) is 63.0 Å². The van der Waals surface area contributed by atoms with Crippen LogP contribution < -0.4 is 0 Å². The monoisotopic (exact) mass is 296 g/mol. The molecule has 22 heavy (non-hydrogen) atoms. The molecule has 0 bridgehead atoms. The van der Waals surface area contributed by atoms with Gasteiger partial charge >= 0.3 is 0 Å². The molecule has 0 heterocycles. The van der Waals surface area contributed by atoms with Gasteiger partial charge in [-0.15, -0.1) is 0 Å². The van der Waals surface area contributed by atoms with E-state index in [0.29, 0.717) is 11.2 Å². The van der Waals surface area contributed by atoms with Gasteiger partial charge in [0.1, 0.15) is 5.75 Å². The van der Waals surface area contributed by atoms with Crippen LogP contribution >= 0.6 is 0 Å². The van der Waals surface area contributed by atoms with Gasteiger partial charge in [0.05, 0.1) is 0 Å².